The molecule has 2 aliphatic rings. The molecule has 2 rings (SSSR count). The molecule has 4 unspecified atom stereocenters. The molecular weight excluding hydrogens is 210 g/mol. The predicted octanol–water partition coefficient (Wildman–Crippen LogP) is 0.391. The van der Waals surface area contributed by atoms with Crippen molar-refractivity contribution >= 4 is 11.9 Å². The van der Waals surface area contributed by atoms with E-state index in [1.165, 1.54) is 0 Å². The van der Waals surface area contributed by atoms with E-state index in [-0.39, 0.29) is 23.5 Å². The summed E-state index contributed by atoms with van der Waals surface area (Å²) >= 11 is 0. The van der Waals surface area contributed by atoms with Gasteiger partial charge in [-0.15, -0.1) is 0 Å². The second-order valence-corrected chi connectivity index (χ2v) is 4.96. The molecule has 4 atom stereocenters. The number of hydrogen-bond donors (Lipinski definition) is 2. The van der Waals surface area contributed by atoms with Gasteiger partial charge in [-0.3, -0.25) is 9.59 Å². The van der Waals surface area contributed by atoms with Gasteiger partial charge in [0.25, 0.3) is 0 Å². The largest absolute Gasteiger partial charge is 0.481 e. The van der Waals surface area contributed by atoms with Crippen molar-refractivity contribution in [2.45, 2.75) is 38.3 Å². The lowest BCUT2D eigenvalue weighted by Gasteiger charge is -2.28. The summed E-state index contributed by atoms with van der Waals surface area (Å²) in [5, 5.41) is 11.7. The zero-order valence-electron chi connectivity index (χ0n) is 9.53. The topological polar surface area (TPSA) is 75.6 Å². The minimum Gasteiger partial charge on any atom is -0.481 e. The van der Waals surface area contributed by atoms with Crippen LogP contribution in [-0.2, 0) is 14.3 Å². The number of rotatable bonds is 3. The molecule has 16 heavy (non-hydrogen) atoms. The third kappa shape index (κ3) is 1.91. The van der Waals surface area contributed by atoms with Crippen molar-refractivity contribution < 1.29 is 19.4 Å². The Bertz CT molecular complexity index is 330. The van der Waals surface area contributed by atoms with Crippen molar-refractivity contribution in [2.75, 3.05) is 6.61 Å². The molecule has 2 fully saturated rings. The van der Waals surface area contributed by atoms with Gasteiger partial charge in [-0.2, -0.15) is 0 Å². The molecule has 2 N–H and O–H groups in total. The lowest BCUT2D eigenvalue weighted by atomic mass is 9.94. The van der Waals surface area contributed by atoms with E-state index >= 15 is 0 Å². The van der Waals surface area contributed by atoms with Crippen LogP contribution in [0, 0.1) is 11.8 Å². The predicted molar refractivity (Wildman–Crippen MR) is 55.8 cm³/mol. The fraction of sp³-hybridized carbons (Fsp3) is 0.818. The summed E-state index contributed by atoms with van der Waals surface area (Å²) in [6.07, 6.45) is 1.23. The number of amides is 1. The van der Waals surface area contributed by atoms with E-state index < -0.39 is 11.9 Å². The first-order valence-electron chi connectivity index (χ1n) is 5.60. The van der Waals surface area contributed by atoms with E-state index in [1.54, 1.807) is 0 Å². The van der Waals surface area contributed by atoms with Gasteiger partial charge in [0.15, 0.2) is 0 Å². The minimum atomic E-state index is -0.874. The van der Waals surface area contributed by atoms with Crippen LogP contribution in [0.3, 0.4) is 0 Å². The summed E-state index contributed by atoms with van der Waals surface area (Å²) in [6, 6.07) is 0. The Morgan fingerprint density at radius 2 is 2.12 bits per heavy atom. The molecule has 1 amide bonds. The van der Waals surface area contributed by atoms with Crippen molar-refractivity contribution in [1.82, 2.24) is 5.32 Å². The summed E-state index contributed by atoms with van der Waals surface area (Å²) in [5.74, 6) is -1.85. The van der Waals surface area contributed by atoms with Crippen LogP contribution in [0.5, 0.6) is 0 Å². The summed E-state index contributed by atoms with van der Waals surface area (Å²) in [7, 11) is 0. The number of nitrogens with one attached hydrogen (secondary N) is 1. The van der Waals surface area contributed by atoms with Crippen molar-refractivity contribution in [3.05, 3.63) is 0 Å². The Hall–Kier alpha value is -1.10. The molecule has 1 aliphatic heterocycles. The average Bonchev–Trinajstić information content (AvgIpc) is 2.91. The maximum absolute atomic E-state index is 11.8. The zero-order valence-corrected chi connectivity index (χ0v) is 9.53. The highest BCUT2D eigenvalue weighted by atomic mass is 16.5. The zero-order chi connectivity index (χ0) is 11.9. The summed E-state index contributed by atoms with van der Waals surface area (Å²) < 4.78 is 5.41. The van der Waals surface area contributed by atoms with Crippen LogP contribution < -0.4 is 5.32 Å². The third-order valence-corrected chi connectivity index (χ3v) is 3.74. The molecule has 5 nitrogen and oxygen atoms in total. The average molecular weight is 227 g/mol. The first-order chi connectivity index (χ1) is 7.44. The molecule has 0 aromatic heterocycles. The molecule has 1 saturated heterocycles. The van der Waals surface area contributed by atoms with Crippen LogP contribution in [0.4, 0.5) is 0 Å². The van der Waals surface area contributed by atoms with Gasteiger partial charge in [0.2, 0.25) is 5.91 Å². The van der Waals surface area contributed by atoms with E-state index in [9.17, 15) is 9.59 Å². The number of aliphatic carboxylic acids is 1. The smallest absolute Gasteiger partial charge is 0.307 e. The maximum atomic E-state index is 11.8. The molecule has 0 bridgehead atoms. The van der Waals surface area contributed by atoms with Gasteiger partial charge in [-0.05, 0) is 26.7 Å². The van der Waals surface area contributed by atoms with Crippen LogP contribution in [-0.4, -0.2) is 35.2 Å². The van der Waals surface area contributed by atoms with Gasteiger partial charge in [0.05, 0.1) is 23.5 Å². The van der Waals surface area contributed by atoms with Crippen LogP contribution in [0.25, 0.3) is 0 Å². The molecule has 1 aliphatic carbocycles. The summed E-state index contributed by atoms with van der Waals surface area (Å²) in [4.78, 5) is 22.5. The number of carboxylic acids is 1. The molecule has 90 valence electrons. The summed E-state index contributed by atoms with van der Waals surface area (Å²) in [5.41, 5.74) is -0.345. The lowest BCUT2D eigenvalue weighted by Crippen LogP contribution is -2.51. The lowest BCUT2D eigenvalue weighted by molar-refractivity contribution is -0.140. The van der Waals surface area contributed by atoms with Gasteiger partial charge in [0.1, 0.15) is 0 Å². The van der Waals surface area contributed by atoms with Gasteiger partial charge >= 0.3 is 5.97 Å². The molecule has 5 heteroatoms. The molecule has 1 heterocycles. The summed E-state index contributed by atoms with van der Waals surface area (Å²) in [6.45, 7) is 4.51. The standard InChI is InChI=1S/C11H17NO4/c1-6-11(2,3-4-16-6)12-9(13)7-5-8(7)10(14)15/h6-8H,3-5H2,1-2H3,(H,12,13)(H,14,15). The minimum absolute atomic E-state index is 0.0153. The Morgan fingerprint density at radius 3 is 2.56 bits per heavy atom. The third-order valence-electron chi connectivity index (χ3n) is 3.74. The van der Waals surface area contributed by atoms with E-state index in [2.05, 4.69) is 5.32 Å². The number of ether oxygens (including phenoxy) is 1. The van der Waals surface area contributed by atoms with E-state index in [0.717, 1.165) is 6.42 Å². The van der Waals surface area contributed by atoms with Crippen molar-refractivity contribution in [1.29, 1.82) is 0 Å². The second-order valence-electron chi connectivity index (χ2n) is 4.96. The number of carbonyl (C=O) groups excluding carboxylic acids is 1. The maximum Gasteiger partial charge on any atom is 0.307 e. The van der Waals surface area contributed by atoms with E-state index in [0.29, 0.717) is 13.0 Å². The number of carbonyl (C=O) groups is 2. The Balaban J connectivity index is 1.91. The molecule has 0 spiro atoms. The van der Waals surface area contributed by atoms with Crippen molar-refractivity contribution in [3.8, 4) is 0 Å². The van der Waals surface area contributed by atoms with Crippen LogP contribution >= 0.6 is 0 Å². The van der Waals surface area contributed by atoms with Crippen LogP contribution in [0.1, 0.15) is 26.7 Å². The Kier molecular flexibility index (Phi) is 2.66. The first-order valence-corrected chi connectivity index (χ1v) is 5.60. The van der Waals surface area contributed by atoms with E-state index in [4.69, 9.17) is 9.84 Å². The van der Waals surface area contributed by atoms with Crippen LogP contribution in [0.2, 0.25) is 0 Å². The monoisotopic (exact) mass is 227 g/mol. The highest BCUT2D eigenvalue weighted by Crippen LogP contribution is 2.39. The first kappa shape index (κ1) is 11.4. The highest BCUT2D eigenvalue weighted by Gasteiger charge is 2.50. The molecular formula is C11H17NO4. The highest BCUT2D eigenvalue weighted by molar-refractivity contribution is 5.89. The fourth-order valence-electron chi connectivity index (χ4n) is 2.13. The Morgan fingerprint density at radius 1 is 1.44 bits per heavy atom. The normalized spacial score (nSPS) is 41.8. The van der Waals surface area contributed by atoms with Crippen LogP contribution in [0.15, 0.2) is 0 Å². The molecule has 1 saturated carbocycles. The molecule has 0 radical (unpaired) electrons. The second kappa shape index (κ2) is 3.73. The van der Waals surface area contributed by atoms with Crippen molar-refractivity contribution in [2.24, 2.45) is 11.8 Å². The molecule has 0 aromatic rings. The number of hydrogen-bond acceptors (Lipinski definition) is 3. The SMILES string of the molecule is CC1OCCC1(C)NC(=O)C1CC1C(=O)O. The van der Waals surface area contributed by atoms with E-state index in [1.807, 2.05) is 13.8 Å². The number of carboxylic acid groups (broad SMARTS) is 1. The van der Waals surface area contributed by atoms with Gasteiger partial charge in [-0.25, -0.2) is 0 Å². The van der Waals surface area contributed by atoms with Gasteiger partial charge in [-0.1, -0.05) is 0 Å². The quantitative estimate of drug-likeness (QED) is 0.731. The molecule has 0 aromatic carbocycles. The fourth-order valence-corrected chi connectivity index (χ4v) is 2.13. The van der Waals surface area contributed by atoms with Gasteiger partial charge < -0.3 is 15.2 Å². The van der Waals surface area contributed by atoms with Gasteiger partial charge in [0, 0.05) is 6.61 Å². The van der Waals surface area contributed by atoms with Crippen molar-refractivity contribution in [3.63, 3.8) is 0 Å². The Labute approximate surface area is 94.2 Å².